The summed E-state index contributed by atoms with van der Waals surface area (Å²) in [7, 11) is 0. The van der Waals surface area contributed by atoms with Crippen molar-refractivity contribution >= 4 is 38.6 Å². The first-order valence-electron chi connectivity index (χ1n) is 8.30. The Morgan fingerprint density at radius 2 is 1.88 bits per heavy atom. The maximum absolute atomic E-state index is 8.69. The quantitative estimate of drug-likeness (QED) is 0.252. The summed E-state index contributed by atoms with van der Waals surface area (Å²) >= 11 is 3.01. The molecule has 2 aromatic heterocycles. The largest absolute Gasteiger partial charge is 0.394 e. The highest BCUT2D eigenvalue weighted by Gasteiger charge is 2.13. The van der Waals surface area contributed by atoms with Crippen LogP contribution in [0.25, 0.3) is 10.3 Å². The summed E-state index contributed by atoms with van der Waals surface area (Å²) in [5.74, 6) is 0.806. The van der Waals surface area contributed by atoms with Crippen molar-refractivity contribution in [1.29, 1.82) is 0 Å². The highest BCUT2D eigenvalue weighted by Crippen LogP contribution is 2.29. The molecule has 2 heterocycles. The zero-order valence-electron chi connectivity index (χ0n) is 14.2. The van der Waals surface area contributed by atoms with Crippen LogP contribution in [-0.2, 0) is 12.2 Å². The maximum atomic E-state index is 8.69. The monoisotopic (exact) mass is 388 g/mol. The van der Waals surface area contributed by atoms with Crippen molar-refractivity contribution in [3.8, 4) is 0 Å². The summed E-state index contributed by atoms with van der Waals surface area (Å²) in [5, 5.41) is 17.8. The molecule has 0 fully saturated rings. The predicted octanol–water partition coefficient (Wildman–Crippen LogP) is 3.34. The number of aryl methyl sites for hydroxylation is 1. The number of hydrogen-bond donors (Lipinski definition) is 2. The second kappa shape index (κ2) is 9.56. The van der Waals surface area contributed by atoms with E-state index in [1.165, 1.54) is 16.9 Å². The molecular weight excluding hydrogens is 368 g/mol. The molecule has 0 radical (unpaired) electrons. The van der Waals surface area contributed by atoms with E-state index in [9.17, 15) is 0 Å². The van der Waals surface area contributed by atoms with Gasteiger partial charge in [-0.3, -0.25) is 0 Å². The lowest BCUT2D eigenvalue weighted by Crippen LogP contribution is -1.98. The van der Waals surface area contributed by atoms with Crippen LogP contribution in [-0.4, -0.2) is 39.8 Å². The molecule has 3 rings (SSSR count). The molecule has 0 aliphatic heterocycles. The van der Waals surface area contributed by atoms with Gasteiger partial charge in [-0.05, 0) is 18.4 Å². The molecule has 0 saturated heterocycles. The molecule has 136 valence electrons. The number of rotatable bonds is 9. The Labute approximate surface area is 159 Å². The van der Waals surface area contributed by atoms with Crippen LogP contribution in [0, 0.1) is 0 Å². The summed E-state index contributed by atoms with van der Waals surface area (Å²) < 4.78 is 0.943. The van der Waals surface area contributed by atoms with Crippen LogP contribution in [0.4, 0.5) is 5.13 Å². The van der Waals surface area contributed by atoms with E-state index in [0.717, 1.165) is 29.0 Å². The minimum absolute atomic E-state index is 0.0260. The number of fused-ring (bicyclic) bond motifs is 1. The fourth-order valence-corrected chi connectivity index (χ4v) is 3.94. The second-order valence-electron chi connectivity index (χ2n) is 5.49. The van der Waals surface area contributed by atoms with Gasteiger partial charge < -0.3 is 10.8 Å². The van der Waals surface area contributed by atoms with Gasteiger partial charge in [0.25, 0.3) is 0 Å². The molecule has 26 heavy (non-hydrogen) atoms. The average molecular weight is 389 g/mol. The Kier molecular flexibility index (Phi) is 6.87. The van der Waals surface area contributed by atoms with E-state index in [-0.39, 0.29) is 6.61 Å². The van der Waals surface area contributed by atoms with E-state index in [0.29, 0.717) is 29.0 Å². The van der Waals surface area contributed by atoms with Gasteiger partial charge in [0, 0.05) is 5.75 Å². The van der Waals surface area contributed by atoms with E-state index < -0.39 is 0 Å². The van der Waals surface area contributed by atoms with Crippen LogP contribution in [0.2, 0.25) is 0 Å². The average Bonchev–Trinajstić information content (AvgIpc) is 3.04. The van der Waals surface area contributed by atoms with Crippen molar-refractivity contribution in [3.63, 3.8) is 0 Å². The van der Waals surface area contributed by atoms with E-state index in [4.69, 9.17) is 15.8 Å². The summed E-state index contributed by atoms with van der Waals surface area (Å²) in [6, 6.07) is 10.2. The summed E-state index contributed by atoms with van der Waals surface area (Å²) in [5.41, 5.74) is 8.70. The number of azo groups is 1. The van der Waals surface area contributed by atoms with Crippen LogP contribution in [0.1, 0.15) is 17.7 Å². The number of anilines is 1. The maximum Gasteiger partial charge on any atom is 0.190 e. The molecule has 0 atom stereocenters. The van der Waals surface area contributed by atoms with Crippen LogP contribution < -0.4 is 5.73 Å². The third kappa shape index (κ3) is 5.20. The molecule has 7 nitrogen and oxygen atoms in total. The number of aliphatic hydroxyl groups is 1. The van der Waals surface area contributed by atoms with Gasteiger partial charge in [0.1, 0.15) is 0 Å². The Bertz CT molecular complexity index is 868. The molecule has 0 amide bonds. The Morgan fingerprint density at radius 1 is 1.08 bits per heavy atom. The van der Waals surface area contributed by atoms with Crippen molar-refractivity contribution in [2.75, 3.05) is 25.4 Å². The summed E-state index contributed by atoms with van der Waals surface area (Å²) in [6.45, 7) is 0.980. The van der Waals surface area contributed by atoms with Gasteiger partial charge in [-0.1, -0.05) is 53.4 Å². The van der Waals surface area contributed by atoms with E-state index in [1.807, 2.05) is 18.2 Å². The fourth-order valence-electron chi connectivity index (χ4n) is 2.33. The third-order valence-electron chi connectivity index (χ3n) is 3.50. The number of aromatic nitrogens is 3. The van der Waals surface area contributed by atoms with Gasteiger partial charge in [-0.2, -0.15) is 10.2 Å². The first kappa shape index (κ1) is 18.7. The van der Waals surface area contributed by atoms with Crippen LogP contribution >= 0.6 is 23.1 Å². The molecule has 1 aromatic carbocycles. The highest BCUT2D eigenvalue weighted by molar-refractivity contribution is 7.98. The fraction of sp³-hybridized carbons (Fsp3) is 0.353. The SMILES string of the molecule is Nc1nc2nc(SCc3ccccc3)nc(CCCN=NCCO)c2s1. The number of nitrogens with zero attached hydrogens (tertiary/aromatic N) is 5. The first-order valence-corrected chi connectivity index (χ1v) is 10.1. The standard InChI is InChI=1S/C17H20N6OS2/c18-16-22-15-14(26-16)13(7-4-8-19-20-9-10-24)21-17(23-15)25-11-12-5-2-1-3-6-12/h1-3,5-6,24H,4,7-11H2,(H2,18,21,22,23). The zero-order chi connectivity index (χ0) is 18.2. The number of aliphatic hydroxyl groups excluding tert-OH is 1. The van der Waals surface area contributed by atoms with Crippen LogP contribution in [0.3, 0.4) is 0 Å². The van der Waals surface area contributed by atoms with Crippen LogP contribution in [0.5, 0.6) is 0 Å². The highest BCUT2D eigenvalue weighted by atomic mass is 32.2. The Balaban J connectivity index is 1.71. The lowest BCUT2D eigenvalue weighted by atomic mass is 10.2. The summed E-state index contributed by atoms with van der Waals surface area (Å²) in [4.78, 5) is 13.6. The van der Waals surface area contributed by atoms with Crippen molar-refractivity contribution < 1.29 is 5.11 Å². The predicted molar refractivity (Wildman–Crippen MR) is 106 cm³/mol. The number of thiazole rings is 1. The third-order valence-corrected chi connectivity index (χ3v) is 5.34. The number of thioether (sulfide) groups is 1. The molecule has 9 heteroatoms. The number of hydrogen-bond acceptors (Lipinski definition) is 9. The van der Waals surface area contributed by atoms with Gasteiger partial charge in [-0.25, -0.2) is 15.0 Å². The molecule has 3 aromatic rings. The zero-order valence-corrected chi connectivity index (χ0v) is 15.8. The van der Waals surface area contributed by atoms with Gasteiger partial charge in [0.05, 0.1) is 30.1 Å². The van der Waals surface area contributed by atoms with Gasteiger partial charge in [0.15, 0.2) is 15.9 Å². The molecule has 3 N–H and O–H groups in total. The van der Waals surface area contributed by atoms with Gasteiger partial charge >= 0.3 is 0 Å². The molecule has 0 aliphatic carbocycles. The van der Waals surface area contributed by atoms with Crippen molar-refractivity contribution in [2.45, 2.75) is 23.8 Å². The van der Waals surface area contributed by atoms with E-state index in [2.05, 4.69) is 32.3 Å². The second-order valence-corrected chi connectivity index (χ2v) is 7.46. The molecule has 0 unspecified atom stereocenters. The van der Waals surface area contributed by atoms with E-state index in [1.54, 1.807) is 11.8 Å². The van der Waals surface area contributed by atoms with E-state index >= 15 is 0 Å². The van der Waals surface area contributed by atoms with Gasteiger partial charge in [0.2, 0.25) is 0 Å². The number of nitrogens with two attached hydrogens (primary N) is 1. The Morgan fingerprint density at radius 3 is 2.69 bits per heavy atom. The minimum atomic E-state index is 0.0260. The van der Waals surface area contributed by atoms with Gasteiger partial charge in [-0.15, -0.1) is 0 Å². The van der Waals surface area contributed by atoms with Crippen molar-refractivity contribution in [2.24, 2.45) is 10.2 Å². The first-order chi connectivity index (χ1) is 12.8. The molecule has 0 saturated carbocycles. The topological polar surface area (TPSA) is 110 Å². The van der Waals surface area contributed by atoms with Crippen LogP contribution in [0.15, 0.2) is 45.7 Å². The number of nitrogen functional groups attached to an aromatic ring is 1. The van der Waals surface area contributed by atoms with Crippen molar-refractivity contribution in [3.05, 3.63) is 41.6 Å². The summed E-state index contributed by atoms with van der Waals surface area (Å²) in [6.07, 6.45) is 1.58. The Hall–Kier alpha value is -2.10. The lowest BCUT2D eigenvalue weighted by molar-refractivity contribution is 0.304. The smallest absolute Gasteiger partial charge is 0.190 e. The number of benzene rings is 1. The normalized spacial score (nSPS) is 11.6. The molecular formula is C17H20N6OS2. The molecule has 0 spiro atoms. The lowest BCUT2D eigenvalue weighted by Gasteiger charge is -2.05. The van der Waals surface area contributed by atoms with Crippen molar-refractivity contribution in [1.82, 2.24) is 15.0 Å². The molecule has 0 bridgehead atoms. The minimum Gasteiger partial charge on any atom is -0.394 e. The molecule has 0 aliphatic rings.